The van der Waals surface area contributed by atoms with Gasteiger partial charge in [0.2, 0.25) is 0 Å². The van der Waals surface area contributed by atoms with Gasteiger partial charge < -0.3 is 14.4 Å². The minimum absolute atomic E-state index is 0.394. The summed E-state index contributed by atoms with van der Waals surface area (Å²) < 4.78 is 9.91. The minimum Gasteiger partial charge on any atom is -0.465 e. The number of nitrogens with zero attached hydrogens (tertiary/aromatic N) is 2. The fraction of sp³-hybridized carbons (Fsp3) is 0.385. The number of ether oxygens (including phenoxy) is 2. The molecule has 1 aromatic carbocycles. The fourth-order valence-electron chi connectivity index (χ4n) is 1.95. The molecule has 1 heterocycles. The van der Waals surface area contributed by atoms with Crippen LogP contribution in [0.1, 0.15) is 15.9 Å². The Morgan fingerprint density at radius 2 is 2.17 bits per heavy atom. The highest BCUT2D eigenvalue weighted by Gasteiger charge is 2.16. The van der Waals surface area contributed by atoms with Crippen LogP contribution in [-0.2, 0) is 9.47 Å². The topological polar surface area (TPSA) is 62.6 Å². The normalized spacial score (nSPS) is 15.0. The second-order valence-corrected chi connectivity index (χ2v) is 3.93. The Labute approximate surface area is 106 Å². The summed E-state index contributed by atoms with van der Waals surface area (Å²) in [5.41, 5.74) is 1.72. The molecule has 0 aliphatic carbocycles. The molecule has 94 valence electrons. The number of carbonyl (C=O) groups excluding carboxylic acids is 1. The first-order valence-electron chi connectivity index (χ1n) is 5.71. The number of hydrogen-bond acceptors (Lipinski definition) is 5. The Balaban J connectivity index is 2.31. The van der Waals surface area contributed by atoms with Crippen LogP contribution in [0.3, 0.4) is 0 Å². The molecule has 0 radical (unpaired) electrons. The summed E-state index contributed by atoms with van der Waals surface area (Å²) in [5, 5.41) is 9.17. The SMILES string of the molecule is COC(=O)c1ccc(N2CCOCC2)c(C#N)c1. The van der Waals surface area contributed by atoms with Crippen molar-refractivity contribution in [2.24, 2.45) is 0 Å². The predicted molar refractivity (Wildman–Crippen MR) is 65.5 cm³/mol. The van der Waals surface area contributed by atoms with Crippen molar-refractivity contribution >= 4 is 11.7 Å². The van der Waals surface area contributed by atoms with Crippen LogP contribution in [0.5, 0.6) is 0 Å². The van der Waals surface area contributed by atoms with Crippen molar-refractivity contribution in [2.45, 2.75) is 0 Å². The number of benzene rings is 1. The van der Waals surface area contributed by atoms with Crippen LogP contribution in [-0.4, -0.2) is 39.4 Å². The predicted octanol–water partition coefficient (Wildman–Crippen LogP) is 1.18. The van der Waals surface area contributed by atoms with E-state index in [9.17, 15) is 4.79 Å². The largest absolute Gasteiger partial charge is 0.465 e. The van der Waals surface area contributed by atoms with Gasteiger partial charge in [0, 0.05) is 13.1 Å². The molecule has 0 bridgehead atoms. The Morgan fingerprint density at radius 3 is 2.78 bits per heavy atom. The number of esters is 1. The molecule has 0 atom stereocenters. The molecule has 0 saturated carbocycles. The molecule has 5 nitrogen and oxygen atoms in total. The van der Waals surface area contributed by atoms with E-state index in [1.54, 1.807) is 18.2 Å². The van der Waals surface area contributed by atoms with Gasteiger partial charge in [-0.05, 0) is 18.2 Å². The fourth-order valence-corrected chi connectivity index (χ4v) is 1.95. The van der Waals surface area contributed by atoms with E-state index in [0.717, 1.165) is 18.8 Å². The molecule has 0 spiro atoms. The van der Waals surface area contributed by atoms with Gasteiger partial charge in [0.1, 0.15) is 6.07 Å². The van der Waals surface area contributed by atoms with Crippen LogP contribution in [0.25, 0.3) is 0 Å². The van der Waals surface area contributed by atoms with Crippen molar-refractivity contribution in [3.05, 3.63) is 29.3 Å². The Kier molecular flexibility index (Phi) is 3.80. The van der Waals surface area contributed by atoms with Gasteiger partial charge in [0.15, 0.2) is 0 Å². The minimum atomic E-state index is -0.431. The Bertz CT molecular complexity index is 487. The summed E-state index contributed by atoms with van der Waals surface area (Å²) in [5.74, 6) is -0.431. The van der Waals surface area contributed by atoms with Crippen molar-refractivity contribution in [3.8, 4) is 6.07 Å². The van der Waals surface area contributed by atoms with E-state index in [4.69, 9.17) is 10.00 Å². The first-order valence-corrected chi connectivity index (χ1v) is 5.71. The summed E-state index contributed by atoms with van der Waals surface area (Å²) in [7, 11) is 1.32. The zero-order chi connectivity index (χ0) is 13.0. The molecule has 0 unspecified atom stereocenters. The van der Waals surface area contributed by atoms with Crippen LogP contribution in [0.15, 0.2) is 18.2 Å². The van der Waals surface area contributed by atoms with Crippen LogP contribution in [0, 0.1) is 11.3 Å². The molecule has 1 fully saturated rings. The van der Waals surface area contributed by atoms with Crippen molar-refractivity contribution in [3.63, 3.8) is 0 Å². The lowest BCUT2D eigenvalue weighted by Gasteiger charge is -2.29. The molecular weight excluding hydrogens is 232 g/mol. The summed E-state index contributed by atoms with van der Waals surface area (Å²) in [6, 6.07) is 7.15. The quantitative estimate of drug-likeness (QED) is 0.733. The second-order valence-electron chi connectivity index (χ2n) is 3.93. The first kappa shape index (κ1) is 12.4. The van der Waals surface area contributed by atoms with E-state index < -0.39 is 5.97 Å². The molecule has 5 heteroatoms. The zero-order valence-electron chi connectivity index (χ0n) is 10.2. The van der Waals surface area contributed by atoms with E-state index in [0.29, 0.717) is 24.3 Å². The average molecular weight is 246 g/mol. The van der Waals surface area contributed by atoms with Gasteiger partial charge in [-0.3, -0.25) is 0 Å². The molecule has 18 heavy (non-hydrogen) atoms. The lowest BCUT2D eigenvalue weighted by molar-refractivity contribution is 0.0600. The lowest BCUT2D eigenvalue weighted by atomic mass is 10.1. The van der Waals surface area contributed by atoms with Crippen LogP contribution in [0.2, 0.25) is 0 Å². The smallest absolute Gasteiger partial charge is 0.337 e. The second kappa shape index (κ2) is 5.52. The van der Waals surface area contributed by atoms with Gasteiger partial charge in [-0.1, -0.05) is 0 Å². The van der Waals surface area contributed by atoms with Gasteiger partial charge in [-0.2, -0.15) is 5.26 Å². The summed E-state index contributed by atoms with van der Waals surface area (Å²) in [6.07, 6.45) is 0. The Morgan fingerprint density at radius 1 is 1.44 bits per heavy atom. The number of carbonyl (C=O) groups is 1. The van der Waals surface area contributed by atoms with Crippen molar-refractivity contribution in [1.29, 1.82) is 5.26 Å². The van der Waals surface area contributed by atoms with E-state index in [1.165, 1.54) is 7.11 Å². The first-order chi connectivity index (χ1) is 8.76. The van der Waals surface area contributed by atoms with Crippen molar-refractivity contribution in [1.82, 2.24) is 0 Å². The Hall–Kier alpha value is -2.06. The standard InChI is InChI=1S/C13H14N2O3/c1-17-13(16)10-2-3-12(11(8-10)9-14)15-4-6-18-7-5-15/h2-3,8H,4-7H2,1H3. The van der Waals surface area contributed by atoms with E-state index in [1.807, 2.05) is 0 Å². The number of methoxy groups -OCH3 is 1. The third-order valence-electron chi connectivity index (χ3n) is 2.89. The highest BCUT2D eigenvalue weighted by atomic mass is 16.5. The monoisotopic (exact) mass is 246 g/mol. The maximum atomic E-state index is 11.4. The lowest BCUT2D eigenvalue weighted by Crippen LogP contribution is -2.36. The van der Waals surface area contributed by atoms with Gasteiger partial charge in [0.25, 0.3) is 0 Å². The average Bonchev–Trinajstić information content (AvgIpc) is 2.46. The maximum absolute atomic E-state index is 11.4. The number of rotatable bonds is 2. The van der Waals surface area contributed by atoms with Crippen molar-refractivity contribution < 1.29 is 14.3 Å². The number of morpholine rings is 1. The summed E-state index contributed by atoms with van der Waals surface area (Å²) in [6.45, 7) is 2.83. The van der Waals surface area contributed by atoms with Crippen LogP contribution >= 0.6 is 0 Å². The molecule has 1 saturated heterocycles. The van der Waals surface area contributed by atoms with Crippen molar-refractivity contribution in [2.75, 3.05) is 38.3 Å². The number of hydrogen-bond donors (Lipinski definition) is 0. The molecule has 0 amide bonds. The number of nitriles is 1. The molecule has 2 rings (SSSR count). The third kappa shape index (κ3) is 2.44. The summed E-state index contributed by atoms with van der Waals surface area (Å²) in [4.78, 5) is 13.5. The van der Waals surface area contributed by atoms with Gasteiger partial charge in [-0.25, -0.2) is 4.79 Å². The molecular formula is C13H14N2O3. The molecule has 1 aromatic rings. The molecule has 0 N–H and O–H groups in total. The zero-order valence-corrected chi connectivity index (χ0v) is 10.2. The maximum Gasteiger partial charge on any atom is 0.337 e. The molecule has 1 aliphatic rings. The number of anilines is 1. The van der Waals surface area contributed by atoms with E-state index in [2.05, 4.69) is 15.7 Å². The summed E-state index contributed by atoms with van der Waals surface area (Å²) >= 11 is 0. The molecule has 0 aromatic heterocycles. The van der Waals surface area contributed by atoms with E-state index in [-0.39, 0.29) is 0 Å². The van der Waals surface area contributed by atoms with Crippen LogP contribution < -0.4 is 4.90 Å². The highest BCUT2D eigenvalue weighted by molar-refractivity contribution is 5.90. The highest BCUT2D eigenvalue weighted by Crippen LogP contribution is 2.22. The third-order valence-corrected chi connectivity index (χ3v) is 2.89. The van der Waals surface area contributed by atoms with Gasteiger partial charge in [-0.15, -0.1) is 0 Å². The van der Waals surface area contributed by atoms with Gasteiger partial charge in [0.05, 0.1) is 37.1 Å². The van der Waals surface area contributed by atoms with Crippen LogP contribution in [0.4, 0.5) is 5.69 Å². The van der Waals surface area contributed by atoms with Gasteiger partial charge >= 0.3 is 5.97 Å². The van der Waals surface area contributed by atoms with E-state index >= 15 is 0 Å². The molecule has 1 aliphatic heterocycles.